The Labute approximate surface area is 106 Å². The number of carboxylic acid groups (broad SMARTS) is 2. The predicted octanol–water partition coefficient (Wildman–Crippen LogP) is 0.870. The van der Waals surface area contributed by atoms with Gasteiger partial charge >= 0.3 is 11.9 Å². The maximum Gasteiger partial charge on any atom is 0.336 e. The fraction of sp³-hybridized carbons (Fsp3) is 0.0833. The van der Waals surface area contributed by atoms with E-state index in [4.69, 9.17) is 10.2 Å². The zero-order valence-corrected chi connectivity index (χ0v) is 9.88. The second-order valence-corrected chi connectivity index (χ2v) is 3.95. The Hall–Kier alpha value is -2.83. The Kier molecular flexibility index (Phi) is 2.95. The minimum Gasteiger partial charge on any atom is -0.478 e. The van der Waals surface area contributed by atoms with E-state index >= 15 is 0 Å². The van der Waals surface area contributed by atoms with Crippen LogP contribution in [-0.2, 0) is 0 Å². The molecule has 3 N–H and O–H groups in total. The molecule has 0 radical (unpaired) electrons. The Bertz CT molecular complexity index is 726. The third-order valence-corrected chi connectivity index (χ3v) is 2.57. The van der Waals surface area contributed by atoms with Crippen molar-refractivity contribution in [3.8, 4) is 5.69 Å². The third kappa shape index (κ3) is 2.25. The molecule has 0 aliphatic rings. The first-order valence-corrected chi connectivity index (χ1v) is 5.30. The second kappa shape index (κ2) is 4.45. The molecule has 0 unspecified atom stereocenters. The number of H-pyrrole nitrogens is 1. The van der Waals surface area contributed by atoms with E-state index in [9.17, 15) is 14.4 Å². The zero-order valence-electron chi connectivity index (χ0n) is 9.88. The van der Waals surface area contributed by atoms with Crippen LogP contribution in [0.15, 0.2) is 29.1 Å². The largest absolute Gasteiger partial charge is 0.478 e. The van der Waals surface area contributed by atoms with E-state index in [0.717, 1.165) is 16.8 Å². The van der Waals surface area contributed by atoms with Crippen molar-refractivity contribution in [3.63, 3.8) is 0 Å². The van der Waals surface area contributed by atoms with Gasteiger partial charge in [0.15, 0.2) is 0 Å². The van der Waals surface area contributed by atoms with Crippen LogP contribution in [0.2, 0.25) is 0 Å². The standard InChI is InChI=1S/C12H10N2O5/c1-6-4-10(15)14(13-6)7-2-3-8(11(16)17)9(5-7)12(18)19/h2-5,13H,1H3,(H,16,17)(H,18,19). The van der Waals surface area contributed by atoms with Crippen molar-refractivity contribution in [2.75, 3.05) is 0 Å². The van der Waals surface area contributed by atoms with Gasteiger partial charge in [-0.2, -0.15) is 0 Å². The van der Waals surface area contributed by atoms with Crippen LogP contribution in [0.25, 0.3) is 5.69 Å². The number of benzene rings is 1. The number of aromatic nitrogens is 2. The lowest BCUT2D eigenvalue weighted by molar-refractivity contribution is 0.0651. The van der Waals surface area contributed by atoms with Gasteiger partial charge in [0.05, 0.1) is 16.8 Å². The molecule has 0 atom stereocenters. The minimum atomic E-state index is -1.37. The Morgan fingerprint density at radius 3 is 2.21 bits per heavy atom. The van der Waals surface area contributed by atoms with E-state index in [-0.39, 0.29) is 22.4 Å². The van der Waals surface area contributed by atoms with Crippen LogP contribution >= 0.6 is 0 Å². The SMILES string of the molecule is Cc1cc(=O)n(-c2ccc(C(=O)O)c(C(=O)O)c2)[nH]1. The number of carbonyl (C=O) groups is 2. The van der Waals surface area contributed by atoms with Crippen molar-refractivity contribution in [2.24, 2.45) is 0 Å². The summed E-state index contributed by atoms with van der Waals surface area (Å²) in [6.45, 7) is 1.68. The molecule has 0 aliphatic heterocycles. The van der Waals surface area contributed by atoms with Gasteiger partial charge in [0.1, 0.15) is 0 Å². The van der Waals surface area contributed by atoms with Crippen LogP contribution in [0.3, 0.4) is 0 Å². The third-order valence-electron chi connectivity index (χ3n) is 2.57. The molecule has 2 rings (SSSR count). The lowest BCUT2D eigenvalue weighted by Gasteiger charge is -2.06. The van der Waals surface area contributed by atoms with Crippen LogP contribution < -0.4 is 5.56 Å². The van der Waals surface area contributed by atoms with Gasteiger partial charge in [0, 0.05) is 11.8 Å². The van der Waals surface area contributed by atoms with Gasteiger partial charge in [-0.05, 0) is 25.1 Å². The topological polar surface area (TPSA) is 112 Å². The smallest absolute Gasteiger partial charge is 0.336 e. The lowest BCUT2D eigenvalue weighted by atomic mass is 10.1. The average molecular weight is 262 g/mol. The number of aromatic carboxylic acids is 2. The summed E-state index contributed by atoms with van der Waals surface area (Å²) >= 11 is 0. The van der Waals surface area contributed by atoms with Crippen molar-refractivity contribution in [1.29, 1.82) is 0 Å². The molecular formula is C12H10N2O5. The second-order valence-electron chi connectivity index (χ2n) is 3.95. The Balaban J connectivity index is 2.65. The normalized spacial score (nSPS) is 10.4. The van der Waals surface area contributed by atoms with E-state index < -0.39 is 11.9 Å². The van der Waals surface area contributed by atoms with Crippen molar-refractivity contribution in [2.45, 2.75) is 6.92 Å². The van der Waals surface area contributed by atoms with Gasteiger partial charge in [-0.25, -0.2) is 14.3 Å². The van der Waals surface area contributed by atoms with E-state index in [2.05, 4.69) is 5.10 Å². The molecule has 98 valence electrons. The molecule has 1 heterocycles. The molecule has 19 heavy (non-hydrogen) atoms. The number of carboxylic acids is 2. The number of hydrogen-bond acceptors (Lipinski definition) is 3. The van der Waals surface area contributed by atoms with Gasteiger partial charge < -0.3 is 10.2 Å². The number of aryl methyl sites for hydroxylation is 1. The van der Waals surface area contributed by atoms with Gasteiger partial charge in [-0.3, -0.25) is 9.89 Å². The number of nitrogens with one attached hydrogen (secondary N) is 1. The molecule has 0 aliphatic carbocycles. The first kappa shape index (κ1) is 12.6. The molecule has 0 saturated carbocycles. The van der Waals surface area contributed by atoms with Crippen molar-refractivity contribution in [1.82, 2.24) is 9.78 Å². The molecular weight excluding hydrogens is 252 g/mol. The highest BCUT2D eigenvalue weighted by molar-refractivity contribution is 6.02. The summed E-state index contributed by atoms with van der Waals surface area (Å²) in [6, 6.07) is 5.02. The van der Waals surface area contributed by atoms with Crippen LogP contribution in [0.4, 0.5) is 0 Å². The highest BCUT2D eigenvalue weighted by atomic mass is 16.4. The summed E-state index contributed by atoms with van der Waals surface area (Å²) in [5, 5.41) is 20.6. The van der Waals surface area contributed by atoms with Crippen LogP contribution in [-0.4, -0.2) is 31.9 Å². The Morgan fingerprint density at radius 2 is 1.74 bits per heavy atom. The lowest BCUT2D eigenvalue weighted by Crippen LogP contribution is -2.15. The highest BCUT2D eigenvalue weighted by Gasteiger charge is 2.17. The molecule has 0 spiro atoms. The monoisotopic (exact) mass is 262 g/mol. The summed E-state index contributed by atoms with van der Waals surface area (Å²) in [4.78, 5) is 33.6. The van der Waals surface area contributed by atoms with Crippen LogP contribution in [0.5, 0.6) is 0 Å². The average Bonchev–Trinajstić information content (AvgIpc) is 2.67. The highest BCUT2D eigenvalue weighted by Crippen LogP contribution is 2.14. The first-order chi connectivity index (χ1) is 8.90. The van der Waals surface area contributed by atoms with Crippen molar-refractivity contribution < 1.29 is 19.8 Å². The molecule has 0 saturated heterocycles. The quantitative estimate of drug-likeness (QED) is 0.759. The molecule has 7 nitrogen and oxygen atoms in total. The minimum absolute atomic E-state index is 0.264. The van der Waals surface area contributed by atoms with E-state index in [1.165, 1.54) is 12.1 Å². The summed E-state index contributed by atoms with van der Waals surface area (Å²) < 4.78 is 1.15. The Morgan fingerprint density at radius 1 is 1.11 bits per heavy atom. The molecule has 0 bridgehead atoms. The summed E-state index contributed by atoms with van der Waals surface area (Å²) in [6.07, 6.45) is 0. The summed E-state index contributed by atoms with van der Waals surface area (Å²) in [5.41, 5.74) is -0.168. The number of nitrogens with zero attached hydrogens (tertiary/aromatic N) is 1. The molecule has 0 amide bonds. The number of rotatable bonds is 3. The maximum atomic E-state index is 11.6. The van der Waals surface area contributed by atoms with E-state index in [1.807, 2.05) is 0 Å². The molecule has 7 heteroatoms. The molecule has 2 aromatic rings. The fourth-order valence-electron chi connectivity index (χ4n) is 1.74. The molecule has 1 aromatic carbocycles. The summed E-state index contributed by atoms with van der Waals surface area (Å²) in [5.74, 6) is -2.70. The van der Waals surface area contributed by atoms with Crippen LogP contribution in [0, 0.1) is 6.92 Å². The van der Waals surface area contributed by atoms with Gasteiger partial charge in [-0.1, -0.05) is 0 Å². The van der Waals surface area contributed by atoms with Crippen molar-refractivity contribution in [3.05, 3.63) is 51.4 Å². The van der Waals surface area contributed by atoms with Gasteiger partial charge in [0.2, 0.25) is 0 Å². The van der Waals surface area contributed by atoms with Gasteiger partial charge in [0.25, 0.3) is 5.56 Å². The maximum absolute atomic E-state index is 11.6. The fourth-order valence-corrected chi connectivity index (χ4v) is 1.74. The van der Waals surface area contributed by atoms with Crippen LogP contribution in [0.1, 0.15) is 26.4 Å². The van der Waals surface area contributed by atoms with E-state index in [1.54, 1.807) is 6.92 Å². The molecule has 1 aromatic heterocycles. The predicted molar refractivity (Wildman–Crippen MR) is 65.0 cm³/mol. The van der Waals surface area contributed by atoms with Crippen molar-refractivity contribution >= 4 is 11.9 Å². The van der Waals surface area contributed by atoms with Gasteiger partial charge in [-0.15, -0.1) is 0 Å². The number of aromatic amines is 1. The zero-order chi connectivity index (χ0) is 14.2. The summed E-state index contributed by atoms with van der Waals surface area (Å²) in [7, 11) is 0. The molecule has 0 fully saturated rings. The first-order valence-electron chi connectivity index (χ1n) is 5.30. The number of hydrogen-bond donors (Lipinski definition) is 3. The van der Waals surface area contributed by atoms with E-state index in [0.29, 0.717) is 5.69 Å².